The summed E-state index contributed by atoms with van der Waals surface area (Å²) in [6.07, 6.45) is 3.33. The van der Waals surface area contributed by atoms with Gasteiger partial charge in [-0.05, 0) is 71.6 Å². The molecule has 4 N–H and O–H groups in total. The number of aromatic carboxylic acids is 1. The van der Waals surface area contributed by atoms with E-state index in [0.717, 1.165) is 52.9 Å². The van der Waals surface area contributed by atoms with Crippen molar-refractivity contribution in [2.24, 2.45) is 11.1 Å². The summed E-state index contributed by atoms with van der Waals surface area (Å²) < 4.78 is 28.4. The molecule has 1 aliphatic carbocycles. The van der Waals surface area contributed by atoms with Crippen LogP contribution < -0.4 is 5.14 Å². The van der Waals surface area contributed by atoms with Gasteiger partial charge in [0.25, 0.3) is 0 Å². The molecule has 44 heavy (non-hydrogen) atoms. The molecule has 0 saturated heterocycles. The second-order valence-electron chi connectivity index (χ2n) is 11.3. The number of carboxylic acid groups (broad SMARTS) is 1. The van der Waals surface area contributed by atoms with Crippen LogP contribution >= 0.6 is 11.3 Å². The van der Waals surface area contributed by atoms with Gasteiger partial charge in [0.15, 0.2) is 22.5 Å². The molecule has 1 atom stereocenters. The first-order valence-electron chi connectivity index (χ1n) is 14.2. The molecular weight excluding hydrogens is 600 g/mol. The number of benzene rings is 3. The van der Waals surface area contributed by atoms with Crippen LogP contribution in [0.3, 0.4) is 0 Å². The molecule has 0 amide bonds. The monoisotopic (exact) mass is 632 g/mol. The number of thiazole rings is 1. The Bertz CT molecular complexity index is 1860. The fraction of sp³-hybridized carbons (Fsp3) is 0.242. The maximum absolute atomic E-state index is 14.9. The van der Waals surface area contributed by atoms with Crippen molar-refractivity contribution in [1.82, 2.24) is 14.8 Å². The van der Waals surface area contributed by atoms with Gasteiger partial charge in [-0.2, -0.15) is 5.10 Å². The van der Waals surface area contributed by atoms with E-state index in [1.807, 2.05) is 12.1 Å². The van der Waals surface area contributed by atoms with E-state index in [1.54, 1.807) is 10.7 Å². The number of aromatic nitrogens is 3. The maximum Gasteiger partial charge on any atom is 0.355 e. The van der Waals surface area contributed by atoms with Crippen molar-refractivity contribution >= 4 is 28.3 Å². The Balaban J connectivity index is 0.00000384. The lowest BCUT2D eigenvalue weighted by Crippen LogP contribution is -2.07. The van der Waals surface area contributed by atoms with Gasteiger partial charge in [-0.15, -0.1) is 16.5 Å². The average Bonchev–Trinajstić information content (AvgIpc) is 3.55. The van der Waals surface area contributed by atoms with Crippen LogP contribution in [0.1, 0.15) is 65.5 Å². The Morgan fingerprint density at radius 2 is 1.80 bits per heavy atom. The molecule has 1 aliphatic rings. The predicted molar refractivity (Wildman–Crippen MR) is 171 cm³/mol. The summed E-state index contributed by atoms with van der Waals surface area (Å²) in [6.45, 7) is 4.34. The van der Waals surface area contributed by atoms with E-state index in [0.29, 0.717) is 29.0 Å². The molecule has 1 fully saturated rings. The van der Waals surface area contributed by atoms with Crippen molar-refractivity contribution < 1.29 is 24.0 Å². The minimum Gasteiger partial charge on any atom is -0.870 e. The largest absolute Gasteiger partial charge is 0.870 e. The van der Waals surface area contributed by atoms with Gasteiger partial charge < -0.3 is 10.6 Å². The average molecular weight is 633 g/mol. The van der Waals surface area contributed by atoms with Crippen LogP contribution in [-0.2, 0) is 28.0 Å². The van der Waals surface area contributed by atoms with E-state index < -0.39 is 22.8 Å². The van der Waals surface area contributed by atoms with E-state index in [4.69, 9.17) is 10.2 Å². The summed E-state index contributed by atoms with van der Waals surface area (Å²) in [7, 11) is -2.30. The zero-order valence-corrected chi connectivity index (χ0v) is 26.0. The molecule has 0 radical (unpaired) electrons. The molecule has 11 heteroatoms. The predicted octanol–water partition coefficient (Wildman–Crippen LogP) is 6.92. The van der Waals surface area contributed by atoms with Crippen molar-refractivity contribution in [3.8, 4) is 27.5 Å². The molecule has 1 saturated carbocycles. The van der Waals surface area contributed by atoms with Gasteiger partial charge in [0.05, 0.1) is 11.4 Å². The van der Waals surface area contributed by atoms with Crippen molar-refractivity contribution in [3.05, 3.63) is 106 Å². The fourth-order valence-electron chi connectivity index (χ4n) is 5.29. The molecule has 1 unspecified atom stereocenters. The first-order chi connectivity index (χ1) is 20.7. The number of hydrogen-bond acceptors (Lipinski definition) is 6. The Kier molecular flexibility index (Phi) is 9.21. The minimum atomic E-state index is -2.30. The van der Waals surface area contributed by atoms with Crippen molar-refractivity contribution in [1.29, 1.82) is 0 Å². The summed E-state index contributed by atoms with van der Waals surface area (Å²) in [6, 6.07) is 21.3. The van der Waals surface area contributed by atoms with Crippen molar-refractivity contribution in [2.45, 2.75) is 50.3 Å². The SMILES string of the molecule is CC(C)c1cccc(-c2cccc(-c3nn(-c4nc(C(=O)O)cs4)c(CC4CC4)c3Cc3ccc([SH+](N)=O)c(F)c3)c2)c1.[OH-]. The molecule has 5 aromatic rings. The van der Waals surface area contributed by atoms with E-state index in [-0.39, 0.29) is 16.1 Å². The van der Waals surface area contributed by atoms with Crippen LogP contribution in [0.4, 0.5) is 4.39 Å². The Morgan fingerprint density at radius 3 is 2.43 bits per heavy atom. The van der Waals surface area contributed by atoms with Crippen LogP contribution in [0.5, 0.6) is 0 Å². The van der Waals surface area contributed by atoms with Gasteiger partial charge in [0.1, 0.15) is 0 Å². The third kappa shape index (κ3) is 6.56. The zero-order valence-electron chi connectivity index (χ0n) is 24.3. The second kappa shape index (κ2) is 12.9. The zero-order chi connectivity index (χ0) is 30.2. The van der Waals surface area contributed by atoms with E-state index in [9.17, 15) is 18.5 Å². The highest BCUT2D eigenvalue weighted by Crippen LogP contribution is 2.39. The summed E-state index contributed by atoms with van der Waals surface area (Å²) in [4.78, 5) is 16.0. The number of hydrogen-bond donors (Lipinski definition) is 2. The second-order valence-corrected chi connectivity index (χ2v) is 13.3. The van der Waals surface area contributed by atoms with Gasteiger partial charge in [-0.1, -0.05) is 66.6 Å². The van der Waals surface area contributed by atoms with E-state index >= 15 is 0 Å². The van der Waals surface area contributed by atoms with Gasteiger partial charge in [0, 0.05) is 22.9 Å². The Morgan fingerprint density at radius 1 is 1.09 bits per heavy atom. The standard InChI is InChI=1S/C33H31FN4O3S2.H2O/c1-19(2)22-5-3-6-23(16-22)24-7-4-8-25(17-24)31-26(13-21-11-12-30(43(35)41)27(34)14-21)29(15-20-9-10-20)38(37-31)33-36-28(18-42-33)32(39)40;/h3-8,11-12,14,16-20H,9-10,13,15H2,1-2H3,(H2,35,41)(H,39,40);1H2. The first-order valence-corrected chi connectivity index (χ1v) is 16.4. The van der Waals surface area contributed by atoms with Gasteiger partial charge in [-0.3, -0.25) is 0 Å². The van der Waals surface area contributed by atoms with Gasteiger partial charge in [0.2, 0.25) is 10.0 Å². The van der Waals surface area contributed by atoms with Crippen LogP contribution in [0.25, 0.3) is 27.5 Å². The molecule has 2 heterocycles. The van der Waals surface area contributed by atoms with E-state index in [1.165, 1.54) is 34.4 Å². The quantitative estimate of drug-likeness (QED) is 0.126. The summed E-state index contributed by atoms with van der Waals surface area (Å²) in [5, 5.41) is 22.1. The number of halogens is 1. The lowest BCUT2D eigenvalue weighted by molar-refractivity contribution is 0.0691. The Labute approximate surface area is 261 Å². The van der Waals surface area contributed by atoms with Gasteiger partial charge >= 0.3 is 5.97 Å². The number of thiol groups is 1. The molecular formula is C33H33FN4O4S2. The maximum atomic E-state index is 14.9. The fourth-order valence-corrected chi connectivity index (χ4v) is 6.56. The van der Waals surface area contributed by atoms with Crippen LogP contribution in [0, 0.1) is 11.7 Å². The number of nitrogens with two attached hydrogens (primary N) is 1. The molecule has 0 aliphatic heterocycles. The molecule has 2 aromatic heterocycles. The molecule has 0 spiro atoms. The van der Waals surface area contributed by atoms with Crippen LogP contribution in [0.2, 0.25) is 0 Å². The topological polar surface area (TPSA) is 141 Å². The van der Waals surface area contributed by atoms with Crippen molar-refractivity contribution in [2.75, 3.05) is 0 Å². The molecule has 6 rings (SSSR count). The normalized spacial score (nSPS) is 13.6. The van der Waals surface area contributed by atoms with E-state index in [2.05, 4.69) is 55.2 Å². The number of carbonyl (C=O) groups is 1. The first kappa shape index (κ1) is 31.4. The molecule has 0 bridgehead atoms. The lowest BCUT2D eigenvalue weighted by Gasteiger charge is -2.11. The smallest absolute Gasteiger partial charge is 0.355 e. The third-order valence-corrected chi connectivity index (χ3v) is 9.47. The lowest BCUT2D eigenvalue weighted by atomic mass is 9.94. The highest BCUT2D eigenvalue weighted by Gasteiger charge is 2.29. The molecule has 3 aromatic carbocycles. The minimum absolute atomic E-state index is 0. The van der Waals surface area contributed by atoms with Gasteiger partial charge in [-0.25, -0.2) is 18.9 Å². The molecule has 8 nitrogen and oxygen atoms in total. The third-order valence-electron chi connectivity index (χ3n) is 7.81. The van der Waals surface area contributed by atoms with Crippen molar-refractivity contribution in [3.63, 3.8) is 0 Å². The number of carboxylic acids is 1. The Hall–Kier alpha value is -4.03. The van der Waals surface area contributed by atoms with Crippen LogP contribution in [0.15, 0.2) is 77.0 Å². The highest BCUT2D eigenvalue weighted by atomic mass is 32.2. The summed E-state index contributed by atoms with van der Waals surface area (Å²) in [5.41, 5.74) is 7.57. The van der Waals surface area contributed by atoms with Crippen LogP contribution in [-0.4, -0.2) is 31.3 Å². The highest BCUT2D eigenvalue weighted by molar-refractivity contribution is 7.82. The summed E-state index contributed by atoms with van der Waals surface area (Å²) >= 11 is 1.23. The molecule has 228 valence electrons. The number of rotatable bonds is 10. The summed E-state index contributed by atoms with van der Waals surface area (Å²) in [5.74, 6) is -0.805. The number of nitrogens with zero attached hydrogens (tertiary/aromatic N) is 3.